The van der Waals surface area contributed by atoms with E-state index in [1.807, 2.05) is 6.07 Å². The monoisotopic (exact) mass is 483 g/mol. The number of esters is 1. The first kappa shape index (κ1) is 23.5. The van der Waals surface area contributed by atoms with Gasteiger partial charge >= 0.3 is 5.97 Å². The van der Waals surface area contributed by atoms with Crippen molar-refractivity contribution in [3.63, 3.8) is 0 Å². The van der Waals surface area contributed by atoms with Gasteiger partial charge in [0.25, 0.3) is 5.91 Å². The van der Waals surface area contributed by atoms with E-state index in [0.717, 1.165) is 12.8 Å². The quantitative estimate of drug-likeness (QED) is 0.448. The molecule has 4 rings (SSSR count). The van der Waals surface area contributed by atoms with Crippen molar-refractivity contribution in [3.8, 4) is 0 Å². The Morgan fingerprint density at radius 3 is 2.41 bits per heavy atom. The van der Waals surface area contributed by atoms with Gasteiger partial charge in [-0.25, -0.2) is 13.2 Å². The first-order valence-electron chi connectivity index (χ1n) is 10.9. The fourth-order valence-corrected chi connectivity index (χ4v) is 5.12. The molecule has 1 fully saturated rings. The number of nitrogens with one attached hydrogen (secondary N) is 2. The SMILES string of the molecule is O=C(COC(=O)c1ccccc1NCc1ccco1)Nc1ccc(S(=O)(=O)N2CCCC2)cc1. The van der Waals surface area contributed by atoms with Gasteiger partial charge in [0.1, 0.15) is 5.76 Å². The molecule has 2 aromatic carbocycles. The number of hydrogen-bond acceptors (Lipinski definition) is 7. The number of hydrogen-bond donors (Lipinski definition) is 2. The Morgan fingerprint density at radius 1 is 0.971 bits per heavy atom. The van der Waals surface area contributed by atoms with Gasteiger partial charge in [-0.2, -0.15) is 4.31 Å². The van der Waals surface area contributed by atoms with Gasteiger partial charge in [-0.1, -0.05) is 12.1 Å². The Hall–Kier alpha value is -3.63. The predicted octanol–water partition coefficient (Wildman–Crippen LogP) is 3.47. The zero-order valence-corrected chi connectivity index (χ0v) is 19.2. The molecule has 1 saturated heterocycles. The van der Waals surface area contributed by atoms with Crippen LogP contribution in [0.15, 0.2) is 76.2 Å². The number of nitrogens with zero attached hydrogens (tertiary/aromatic N) is 1. The molecule has 0 spiro atoms. The van der Waals surface area contributed by atoms with Crippen molar-refractivity contribution in [2.75, 3.05) is 30.3 Å². The zero-order chi connectivity index (χ0) is 24.0. The molecule has 0 saturated carbocycles. The van der Waals surface area contributed by atoms with Crippen molar-refractivity contribution in [1.29, 1.82) is 0 Å². The van der Waals surface area contributed by atoms with Crippen molar-refractivity contribution in [1.82, 2.24) is 4.31 Å². The highest BCUT2D eigenvalue weighted by atomic mass is 32.2. The van der Waals surface area contributed by atoms with Crippen LogP contribution in [0.1, 0.15) is 29.0 Å². The number of sulfonamides is 1. The summed E-state index contributed by atoms with van der Waals surface area (Å²) < 4.78 is 37.1. The van der Waals surface area contributed by atoms with Crippen molar-refractivity contribution in [2.45, 2.75) is 24.3 Å². The van der Waals surface area contributed by atoms with Crippen LogP contribution in [0.3, 0.4) is 0 Å². The molecule has 2 N–H and O–H groups in total. The number of rotatable bonds is 9. The summed E-state index contributed by atoms with van der Waals surface area (Å²) in [7, 11) is -3.52. The highest BCUT2D eigenvalue weighted by Crippen LogP contribution is 2.22. The summed E-state index contributed by atoms with van der Waals surface area (Å²) in [6.07, 6.45) is 3.28. The van der Waals surface area contributed by atoms with Crippen LogP contribution in [0.4, 0.5) is 11.4 Å². The molecule has 0 radical (unpaired) electrons. The summed E-state index contributed by atoms with van der Waals surface area (Å²) >= 11 is 0. The predicted molar refractivity (Wildman–Crippen MR) is 126 cm³/mol. The van der Waals surface area contributed by atoms with Crippen LogP contribution in [0.25, 0.3) is 0 Å². The van der Waals surface area contributed by atoms with E-state index in [1.165, 1.54) is 28.6 Å². The second-order valence-corrected chi connectivity index (χ2v) is 9.68. The molecule has 178 valence electrons. The molecule has 34 heavy (non-hydrogen) atoms. The topological polar surface area (TPSA) is 118 Å². The Balaban J connectivity index is 1.31. The van der Waals surface area contributed by atoms with E-state index in [2.05, 4.69) is 10.6 Å². The molecule has 9 nitrogen and oxygen atoms in total. The number of furan rings is 1. The van der Waals surface area contributed by atoms with Crippen LogP contribution in [0.2, 0.25) is 0 Å². The van der Waals surface area contributed by atoms with Gasteiger partial charge in [0.2, 0.25) is 10.0 Å². The maximum absolute atomic E-state index is 12.6. The summed E-state index contributed by atoms with van der Waals surface area (Å²) in [5.74, 6) is -0.476. The lowest BCUT2D eigenvalue weighted by Gasteiger charge is -2.15. The Bertz CT molecular complexity index is 1230. The average molecular weight is 484 g/mol. The molecule has 0 unspecified atom stereocenters. The number of benzene rings is 2. The Kier molecular flexibility index (Phi) is 7.29. The maximum Gasteiger partial charge on any atom is 0.340 e. The van der Waals surface area contributed by atoms with E-state index < -0.39 is 28.5 Å². The van der Waals surface area contributed by atoms with Crippen LogP contribution in [0, 0.1) is 0 Å². The molecule has 1 aliphatic heterocycles. The second-order valence-electron chi connectivity index (χ2n) is 7.74. The number of carbonyl (C=O) groups is 2. The maximum atomic E-state index is 12.6. The van der Waals surface area contributed by atoms with Crippen LogP contribution >= 0.6 is 0 Å². The van der Waals surface area contributed by atoms with E-state index >= 15 is 0 Å². The van der Waals surface area contributed by atoms with Crippen molar-refractivity contribution >= 4 is 33.3 Å². The van der Waals surface area contributed by atoms with Gasteiger partial charge < -0.3 is 19.8 Å². The molecule has 2 heterocycles. The third kappa shape index (κ3) is 5.64. The van der Waals surface area contributed by atoms with E-state index in [4.69, 9.17) is 9.15 Å². The third-order valence-electron chi connectivity index (χ3n) is 5.36. The molecular weight excluding hydrogens is 458 g/mol. The summed E-state index contributed by atoms with van der Waals surface area (Å²) in [5, 5.41) is 5.72. The molecule has 1 aliphatic rings. The lowest BCUT2D eigenvalue weighted by molar-refractivity contribution is -0.119. The minimum absolute atomic E-state index is 0.178. The minimum Gasteiger partial charge on any atom is -0.467 e. The highest BCUT2D eigenvalue weighted by Gasteiger charge is 2.27. The summed E-state index contributed by atoms with van der Waals surface area (Å²) in [6.45, 7) is 0.946. The normalized spacial score (nSPS) is 14.0. The Labute approximate surface area is 197 Å². The molecule has 1 aromatic heterocycles. The summed E-state index contributed by atoms with van der Waals surface area (Å²) in [4.78, 5) is 25.0. The van der Waals surface area contributed by atoms with E-state index in [-0.39, 0.29) is 4.90 Å². The van der Waals surface area contributed by atoms with Gasteiger partial charge in [0.05, 0.1) is 23.3 Å². The van der Waals surface area contributed by atoms with E-state index in [9.17, 15) is 18.0 Å². The largest absolute Gasteiger partial charge is 0.467 e. The van der Waals surface area contributed by atoms with Crippen LogP contribution < -0.4 is 10.6 Å². The number of para-hydroxylation sites is 1. The van der Waals surface area contributed by atoms with E-state index in [0.29, 0.717) is 42.3 Å². The summed E-state index contributed by atoms with van der Waals surface area (Å²) in [6, 6.07) is 16.3. The highest BCUT2D eigenvalue weighted by molar-refractivity contribution is 7.89. The fourth-order valence-electron chi connectivity index (χ4n) is 3.60. The van der Waals surface area contributed by atoms with Gasteiger partial charge in [0, 0.05) is 24.5 Å². The third-order valence-corrected chi connectivity index (χ3v) is 7.27. The smallest absolute Gasteiger partial charge is 0.340 e. The molecule has 3 aromatic rings. The van der Waals surface area contributed by atoms with Gasteiger partial charge in [-0.3, -0.25) is 4.79 Å². The number of ether oxygens (including phenoxy) is 1. The van der Waals surface area contributed by atoms with Crippen molar-refractivity contribution < 1.29 is 27.2 Å². The summed E-state index contributed by atoms with van der Waals surface area (Å²) in [5.41, 5.74) is 1.25. The molecule has 1 amide bonds. The van der Waals surface area contributed by atoms with Gasteiger partial charge in [0.15, 0.2) is 6.61 Å². The van der Waals surface area contributed by atoms with Crippen LogP contribution in [0.5, 0.6) is 0 Å². The molecule has 10 heteroatoms. The molecule has 0 aliphatic carbocycles. The zero-order valence-electron chi connectivity index (χ0n) is 18.4. The van der Waals surface area contributed by atoms with Crippen molar-refractivity contribution in [3.05, 3.63) is 78.3 Å². The lowest BCUT2D eigenvalue weighted by atomic mass is 10.2. The first-order chi connectivity index (χ1) is 16.4. The van der Waals surface area contributed by atoms with Gasteiger partial charge in [-0.15, -0.1) is 0 Å². The van der Waals surface area contributed by atoms with E-state index in [1.54, 1.807) is 36.6 Å². The molecular formula is C24H25N3O6S. The standard InChI is InChI=1S/C24H25N3O6S/c28-23(26-18-9-11-20(12-10-18)34(30,31)27-13-3-4-14-27)17-33-24(29)21-7-1-2-8-22(21)25-16-19-6-5-15-32-19/h1-2,5-12,15,25H,3-4,13-14,16-17H2,(H,26,28). The molecule has 0 atom stereocenters. The lowest BCUT2D eigenvalue weighted by Crippen LogP contribution is -2.27. The first-order valence-corrected chi connectivity index (χ1v) is 12.3. The van der Waals surface area contributed by atoms with Gasteiger partial charge in [-0.05, 0) is 61.4 Å². The van der Waals surface area contributed by atoms with Crippen LogP contribution in [-0.4, -0.2) is 44.3 Å². The fraction of sp³-hybridized carbons (Fsp3) is 0.250. The minimum atomic E-state index is -3.52. The average Bonchev–Trinajstić information content (AvgIpc) is 3.57. The number of carbonyl (C=O) groups excluding carboxylic acids is 2. The molecule has 0 bridgehead atoms. The van der Waals surface area contributed by atoms with Crippen LogP contribution in [-0.2, 0) is 26.1 Å². The Morgan fingerprint density at radius 2 is 1.71 bits per heavy atom. The number of amides is 1. The van der Waals surface area contributed by atoms with Crippen molar-refractivity contribution in [2.24, 2.45) is 0 Å². The number of anilines is 2. The second kappa shape index (κ2) is 10.5.